The number of rotatable bonds is 11. The zero-order valence-corrected chi connectivity index (χ0v) is 67.3. The fourth-order valence-corrected chi connectivity index (χ4v) is 19.0. The van der Waals surface area contributed by atoms with Crippen LogP contribution in [0.4, 0.5) is 22.9 Å². The Morgan fingerprint density at radius 1 is 0.398 bits per heavy atom. The van der Waals surface area contributed by atoms with Gasteiger partial charge >= 0.3 is 640 Å². The van der Waals surface area contributed by atoms with Crippen molar-refractivity contribution in [2.45, 2.75) is 0 Å². The zero-order valence-electron chi connectivity index (χ0n) is 55.2. The summed E-state index contributed by atoms with van der Waals surface area (Å²) in [4.78, 5) is 58.3. The number of para-hydroxylation sites is 10. The van der Waals surface area contributed by atoms with E-state index in [4.69, 9.17) is 19.9 Å². The molecule has 9 aromatic heterocycles. The Morgan fingerprint density at radius 2 is 0.981 bits per heavy atom. The van der Waals surface area contributed by atoms with Crippen molar-refractivity contribution < 1.29 is 0 Å². The molecule has 10 heterocycles. The van der Waals surface area contributed by atoms with Gasteiger partial charge in [0.15, 0.2) is 0 Å². The van der Waals surface area contributed by atoms with Crippen LogP contribution in [0.3, 0.4) is 0 Å². The van der Waals surface area contributed by atoms with Gasteiger partial charge in [-0.1, -0.05) is 0 Å². The summed E-state index contributed by atoms with van der Waals surface area (Å²) in [5.74, 6) is 5.00. The monoisotopic (exact) mass is 1580 g/mol. The summed E-state index contributed by atoms with van der Waals surface area (Å²) in [6.07, 6.45) is 10.8. The standard InChI is InChI=1S/C22H14N3S.C20H13N4.C17H13N4.C12H8N4O.C8H6N3.4Ga.3H/c1-3-9-15(10-4-1)20-19(21-23-17-13-7-8-14-18(17)24-21)25-22(26-20)16-11-5-2-6-12-16;1-2-8-14(9-3-1)24-18-13-7-6-12-17(18)23-20(24)19-21-15-10-4-5-11-16(15)22-19;1-2-8-14(9-3-1)20-16-11-5-4-10-15(16)19-21(20)17-12-6-7-13-18-17;17-12-15-7-14-11(16-12)10-9-4-2-1-3-8(9)5-6-13-10;1-2-4-9-7(3-1)8-10-5-6-11-8;;;;;;;/h1-14H;1-13H;1-13H;1-7H,(H,14,15,16,17);1-6H;;;;;;;/q3*-1;;-1;3*+1;+2;;;/p-1. The molecule has 24 heteroatoms. The molecule has 18 aromatic rings. The minimum absolute atomic E-state index is 0.482. The molecule has 486 valence electrons. The van der Waals surface area contributed by atoms with E-state index in [1.165, 1.54) is 33.7 Å². The average Bonchev–Trinajstić information content (AvgIpc) is 1.61. The van der Waals surface area contributed by atoms with Gasteiger partial charge in [0.1, 0.15) is 0 Å². The Morgan fingerprint density at radius 3 is 1.69 bits per heavy atom. The molecule has 0 bridgehead atoms. The Balaban J connectivity index is 0.000000110. The Kier molecular flexibility index (Phi) is 19.4. The number of nitrogens with zero attached hydrogens (tertiary/aromatic N) is 18. The van der Waals surface area contributed by atoms with Crippen molar-refractivity contribution in [3.05, 3.63) is 333 Å². The number of benzene rings is 9. The number of anilines is 4. The van der Waals surface area contributed by atoms with E-state index in [1.54, 1.807) is 23.7 Å². The number of thiazole rings is 1. The van der Waals surface area contributed by atoms with Crippen LogP contribution in [0.15, 0.2) is 327 Å². The summed E-state index contributed by atoms with van der Waals surface area (Å²) in [6.45, 7) is 0. The summed E-state index contributed by atoms with van der Waals surface area (Å²) < 4.78 is 13.1. The van der Waals surface area contributed by atoms with E-state index in [-0.39, 0.29) is 0 Å². The van der Waals surface area contributed by atoms with E-state index in [2.05, 4.69) is 234 Å². The van der Waals surface area contributed by atoms with Crippen molar-refractivity contribution in [1.29, 1.82) is 0 Å². The van der Waals surface area contributed by atoms with E-state index < -0.39 is 23.6 Å². The third-order valence-corrected chi connectivity index (χ3v) is 24.8. The van der Waals surface area contributed by atoms with Gasteiger partial charge in [0.05, 0.1) is 0 Å². The first kappa shape index (κ1) is 66.3. The third-order valence-electron chi connectivity index (χ3n) is 17.1. The fourth-order valence-electron chi connectivity index (χ4n) is 12.3. The molecule has 9 aromatic carbocycles. The van der Waals surface area contributed by atoms with Gasteiger partial charge in [-0.15, -0.1) is 0 Å². The first-order chi connectivity index (χ1) is 50.8. The van der Waals surface area contributed by atoms with Crippen molar-refractivity contribution in [3.8, 4) is 72.9 Å². The SMILES string of the molecule is O=c1nc[n]([GaH])c(-c2nccc3ccccc23)n1.[GaH][N]1c2ccccc2N(c2ccccc2)N1c1ccccn1.[GaH][n]1c(-c2nc(-c3ccccc3)sc2-c2ccccc2)nc2ccccc21.c1ccc(-n2c(-c3nc4ccccc4[n]3[Ga][n]3ccnc3-c3ccccn3)nc3ccccc32)cc1. The van der Waals surface area contributed by atoms with Crippen LogP contribution in [0, 0.1) is 0 Å². The van der Waals surface area contributed by atoms with E-state index in [9.17, 15) is 4.79 Å². The maximum atomic E-state index is 11.3. The van der Waals surface area contributed by atoms with Crippen LogP contribution in [-0.4, -0.2) is 142 Å². The van der Waals surface area contributed by atoms with Crippen LogP contribution in [0.25, 0.3) is 117 Å². The van der Waals surface area contributed by atoms with Crippen LogP contribution < -0.4 is 19.5 Å². The van der Waals surface area contributed by atoms with Crippen LogP contribution >= 0.6 is 11.3 Å². The summed E-state index contributed by atoms with van der Waals surface area (Å²) in [5, 5.41) is 7.44. The number of pyridine rings is 3. The Hall–Kier alpha value is -11.3. The van der Waals surface area contributed by atoms with Crippen molar-refractivity contribution in [2.24, 2.45) is 0 Å². The molecule has 1 aliphatic rings. The van der Waals surface area contributed by atoms with Crippen LogP contribution in [-0.2, 0) is 0 Å². The van der Waals surface area contributed by atoms with Gasteiger partial charge in [-0.3, -0.25) is 0 Å². The molecule has 0 saturated carbocycles. The summed E-state index contributed by atoms with van der Waals surface area (Å²) in [7, 11) is 0. The Bertz CT molecular complexity index is 6040. The molecular formula is C79H56Ga4N18OS. The fraction of sp³-hybridized carbons (Fsp3) is 0. The molecule has 0 atom stereocenters. The number of imidazole rings is 4. The molecule has 0 amide bonds. The quantitative estimate of drug-likeness (QED) is 0.112. The normalized spacial score (nSPS) is 11.6. The van der Waals surface area contributed by atoms with Crippen LogP contribution in [0.1, 0.15) is 0 Å². The van der Waals surface area contributed by atoms with Gasteiger partial charge in [0.2, 0.25) is 0 Å². The second-order valence-corrected chi connectivity index (χ2v) is 31.2. The molecule has 0 N–H and O–H groups in total. The van der Waals surface area contributed by atoms with Gasteiger partial charge in [-0.2, -0.15) is 0 Å². The molecule has 0 unspecified atom stereocenters. The summed E-state index contributed by atoms with van der Waals surface area (Å²) in [5.41, 5.74) is 15.2. The van der Waals surface area contributed by atoms with Gasteiger partial charge in [-0.25, -0.2) is 0 Å². The van der Waals surface area contributed by atoms with Gasteiger partial charge in [-0.05, 0) is 0 Å². The molecule has 0 saturated heterocycles. The zero-order chi connectivity index (χ0) is 69.6. The second-order valence-electron chi connectivity index (χ2n) is 23.5. The first-order valence-corrected chi connectivity index (χ1v) is 39.8. The number of aromatic nitrogens is 15. The third kappa shape index (κ3) is 13.6. The van der Waals surface area contributed by atoms with Crippen LogP contribution in [0.5, 0.6) is 0 Å². The molecular weight excluding hydrogens is 1530 g/mol. The summed E-state index contributed by atoms with van der Waals surface area (Å²) >= 11 is 3.15. The first-order valence-electron chi connectivity index (χ1n) is 32.9. The average molecular weight is 1580 g/mol. The van der Waals surface area contributed by atoms with Crippen molar-refractivity contribution in [2.75, 3.05) is 13.8 Å². The number of hydrazine groups is 2. The number of hydrogen-bond acceptors (Lipinski definition) is 15. The van der Waals surface area contributed by atoms with Crippen molar-refractivity contribution in [1.82, 2.24) is 67.5 Å². The molecule has 0 spiro atoms. The van der Waals surface area contributed by atoms with Gasteiger partial charge in [0.25, 0.3) is 0 Å². The topological polar surface area (TPSA) is 180 Å². The van der Waals surface area contributed by atoms with E-state index in [0.29, 0.717) is 5.82 Å². The van der Waals surface area contributed by atoms with Crippen LogP contribution in [0.2, 0.25) is 0 Å². The molecule has 103 heavy (non-hydrogen) atoms. The van der Waals surface area contributed by atoms with Crippen molar-refractivity contribution in [3.63, 3.8) is 0 Å². The van der Waals surface area contributed by atoms with E-state index in [0.717, 1.165) is 163 Å². The molecule has 19 rings (SSSR count). The maximum absolute atomic E-state index is 11.3. The molecule has 1 aliphatic heterocycles. The summed E-state index contributed by atoms with van der Waals surface area (Å²) in [6, 6.07) is 96.6. The van der Waals surface area contributed by atoms with E-state index in [1.807, 2.05) is 131 Å². The number of hydrogen-bond donors (Lipinski definition) is 0. The van der Waals surface area contributed by atoms with Crippen molar-refractivity contribution >= 4 is 153 Å². The van der Waals surface area contributed by atoms with Gasteiger partial charge in [0, 0.05) is 0 Å². The predicted octanol–water partition coefficient (Wildman–Crippen LogP) is 14.1. The van der Waals surface area contributed by atoms with E-state index >= 15 is 0 Å². The number of fused-ring (bicyclic) bond motifs is 5. The van der Waals surface area contributed by atoms with Gasteiger partial charge < -0.3 is 0 Å². The molecule has 19 nitrogen and oxygen atoms in total. The second kappa shape index (κ2) is 30.1. The Labute approximate surface area is 634 Å². The molecule has 4 radical (unpaired) electrons. The molecule has 0 aliphatic carbocycles. The minimum atomic E-state index is -1.34. The molecule has 0 fully saturated rings. The predicted molar refractivity (Wildman–Crippen MR) is 417 cm³/mol.